The summed E-state index contributed by atoms with van der Waals surface area (Å²) < 4.78 is 0. The molecule has 3 amide bonds. The Morgan fingerprint density at radius 2 is 1.56 bits per heavy atom. The lowest BCUT2D eigenvalue weighted by atomic mass is 10.1. The highest BCUT2D eigenvalue weighted by atomic mass is 16.2. The van der Waals surface area contributed by atoms with E-state index >= 15 is 0 Å². The van der Waals surface area contributed by atoms with E-state index in [0.717, 1.165) is 4.90 Å². The van der Waals surface area contributed by atoms with Gasteiger partial charge in [0.05, 0.1) is 5.69 Å². The van der Waals surface area contributed by atoms with Gasteiger partial charge in [-0.05, 0) is 43.3 Å². The van der Waals surface area contributed by atoms with Crippen molar-refractivity contribution in [3.63, 3.8) is 0 Å². The van der Waals surface area contributed by atoms with E-state index in [4.69, 9.17) is 0 Å². The average Bonchev–Trinajstić information content (AvgIpc) is 2.94. The highest BCUT2D eigenvalue weighted by Crippen LogP contribution is 2.23. The molecule has 0 aliphatic carbocycles. The molecule has 1 N–H and O–H groups in total. The third-order valence-corrected chi connectivity index (χ3v) is 3.97. The lowest BCUT2D eigenvalue weighted by Gasteiger charge is -2.14. The van der Waals surface area contributed by atoms with Crippen LogP contribution in [-0.2, 0) is 9.59 Å². The number of imide groups is 1. The largest absolute Gasteiger partial charge is 0.322 e. The van der Waals surface area contributed by atoms with Crippen molar-refractivity contribution in [1.29, 1.82) is 0 Å². The van der Waals surface area contributed by atoms with Crippen LogP contribution in [0.3, 0.4) is 0 Å². The van der Waals surface area contributed by atoms with E-state index in [9.17, 15) is 19.2 Å². The van der Waals surface area contributed by atoms with Gasteiger partial charge in [0.25, 0.3) is 5.91 Å². The topological polar surface area (TPSA) is 83.6 Å². The minimum absolute atomic E-state index is 0.0830. The van der Waals surface area contributed by atoms with Crippen LogP contribution in [0.1, 0.15) is 40.5 Å². The second kappa shape index (κ2) is 6.68. The molecule has 2 aromatic carbocycles. The quantitative estimate of drug-likeness (QED) is 0.687. The minimum Gasteiger partial charge on any atom is -0.322 e. The molecule has 1 heterocycles. The molecule has 0 spiro atoms. The number of ketones is 1. The second-order valence-electron chi connectivity index (χ2n) is 5.76. The van der Waals surface area contributed by atoms with Gasteiger partial charge in [-0.25, -0.2) is 0 Å². The molecule has 0 aromatic heterocycles. The lowest BCUT2D eigenvalue weighted by molar-refractivity contribution is -0.121. The zero-order valence-electron chi connectivity index (χ0n) is 13.6. The van der Waals surface area contributed by atoms with Crippen molar-refractivity contribution in [2.24, 2.45) is 0 Å². The second-order valence-corrected chi connectivity index (χ2v) is 5.76. The summed E-state index contributed by atoms with van der Waals surface area (Å²) in [5.74, 6) is -0.891. The van der Waals surface area contributed by atoms with Crippen molar-refractivity contribution in [1.82, 2.24) is 0 Å². The molecule has 1 aliphatic heterocycles. The molecule has 6 nitrogen and oxygen atoms in total. The summed E-state index contributed by atoms with van der Waals surface area (Å²) in [5.41, 5.74) is 1.88. The van der Waals surface area contributed by atoms with Gasteiger partial charge in [-0.2, -0.15) is 0 Å². The van der Waals surface area contributed by atoms with E-state index in [1.165, 1.54) is 6.92 Å². The summed E-state index contributed by atoms with van der Waals surface area (Å²) in [4.78, 5) is 48.3. The van der Waals surface area contributed by atoms with Crippen molar-refractivity contribution < 1.29 is 19.2 Å². The molecular formula is C19H16N2O4. The number of nitrogens with zero attached hydrogens (tertiary/aromatic N) is 1. The van der Waals surface area contributed by atoms with Crippen LogP contribution < -0.4 is 10.2 Å². The number of hydrogen-bond donors (Lipinski definition) is 1. The fourth-order valence-corrected chi connectivity index (χ4v) is 2.65. The van der Waals surface area contributed by atoms with Crippen molar-refractivity contribution in [2.45, 2.75) is 19.8 Å². The molecule has 2 aromatic rings. The standard InChI is InChI=1S/C19H16N2O4/c1-12(22)14-3-2-4-15(11-14)20-19(25)13-5-7-16(8-6-13)21-17(23)9-10-18(21)24/h2-8,11H,9-10H2,1H3,(H,20,25). The fraction of sp³-hybridized carbons (Fsp3) is 0.158. The molecule has 6 heteroatoms. The molecule has 1 aliphatic rings. The zero-order valence-corrected chi connectivity index (χ0v) is 13.6. The highest BCUT2D eigenvalue weighted by molar-refractivity contribution is 6.20. The number of amides is 3. The number of carbonyl (C=O) groups is 4. The third kappa shape index (κ3) is 3.47. The predicted octanol–water partition coefficient (Wildman–Crippen LogP) is 2.79. The van der Waals surface area contributed by atoms with Crippen LogP contribution in [0.2, 0.25) is 0 Å². The average molecular weight is 336 g/mol. The van der Waals surface area contributed by atoms with Crippen molar-refractivity contribution in [2.75, 3.05) is 10.2 Å². The molecule has 0 saturated carbocycles. The summed E-state index contributed by atoms with van der Waals surface area (Å²) >= 11 is 0. The van der Waals surface area contributed by atoms with E-state index in [0.29, 0.717) is 22.5 Å². The number of anilines is 2. The maximum atomic E-state index is 12.3. The van der Waals surface area contributed by atoms with Gasteiger partial charge in [0.1, 0.15) is 0 Å². The first-order valence-electron chi connectivity index (χ1n) is 7.84. The van der Waals surface area contributed by atoms with Gasteiger partial charge in [0, 0.05) is 29.7 Å². The Labute approximate surface area is 144 Å². The maximum absolute atomic E-state index is 12.3. The lowest BCUT2D eigenvalue weighted by Crippen LogP contribution is -2.28. The van der Waals surface area contributed by atoms with Crippen molar-refractivity contribution in [3.05, 3.63) is 59.7 Å². The van der Waals surface area contributed by atoms with Crippen LogP contribution in [0.4, 0.5) is 11.4 Å². The molecule has 25 heavy (non-hydrogen) atoms. The summed E-state index contributed by atoms with van der Waals surface area (Å²) in [6, 6.07) is 12.9. The van der Waals surface area contributed by atoms with E-state index in [1.807, 2.05) is 0 Å². The summed E-state index contributed by atoms with van der Waals surface area (Å²) in [7, 11) is 0. The molecule has 0 atom stereocenters. The van der Waals surface area contributed by atoms with Gasteiger partial charge in [-0.15, -0.1) is 0 Å². The van der Waals surface area contributed by atoms with Crippen LogP contribution in [0.15, 0.2) is 48.5 Å². The molecule has 126 valence electrons. The molecule has 0 radical (unpaired) electrons. The Hall–Kier alpha value is -3.28. The third-order valence-electron chi connectivity index (χ3n) is 3.97. The SMILES string of the molecule is CC(=O)c1cccc(NC(=O)c2ccc(N3C(=O)CCC3=O)cc2)c1. The maximum Gasteiger partial charge on any atom is 0.255 e. The Balaban J connectivity index is 1.75. The van der Waals surface area contributed by atoms with Gasteiger partial charge < -0.3 is 5.32 Å². The van der Waals surface area contributed by atoms with Crippen molar-refractivity contribution >= 4 is 34.9 Å². The van der Waals surface area contributed by atoms with Crippen molar-refractivity contribution in [3.8, 4) is 0 Å². The van der Waals surface area contributed by atoms with Gasteiger partial charge >= 0.3 is 0 Å². The monoisotopic (exact) mass is 336 g/mol. The number of nitrogens with one attached hydrogen (secondary N) is 1. The van der Waals surface area contributed by atoms with Crippen LogP contribution in [0.5, 0.6) is 0 Å². The summed E-state index contributed by atoms with van der Waals surface area (Å²) in [6.45, 7) is 1.46. The van der Waals surface area contributed by atoms with Gasteiger partial charge in [0.2, 0.25) is 11.8 Å². The van der Waals surface area contributed by atoms with Gasteiger partial charge in [0.15, 0.2) is 5.78 Å². The normalized spacial score (nSPS) is 13.9. The summed E-state index contributed by atoms with van der Waals surface area (Å²) in [5, 5.41) is 2.72. The molecule has 1 fully saturated rings. The Morgan fingerprint density at radius 3 is 2.16 bits per heavy atom. The predicted molar refractivity (Wildman–Crippen MR) is 92.6 cm³/mol. The molecule has 0 unspecified atom stereocenters. The highest BCUT2D eigenvalue weighted by Gasteiger charge is 2.30. The minimum atomic E-state index is -0.341. The Bertz CT molecular complexity index is 855. The summed E-state index contributed by atoms with van der Waals surface area (Å²) in [6.07, 6.45) is 0.432. The zero-order chi connectivity index (χ0) is 18.0. The number of Topliss-reactive ketones (excluding diaryl/α,β-unsaturated/α-hetero) is 1. The van der Waals surface area contributed by atoms with Crippen LogP contribution in [0, 0.1) is 0 Å². The molecule has 1 saturated heterocycles. The Kier molecular flexibility index (Phi) is 4.43. The van der Waals surface area contributed by atoms with Gasteiger partial charge in [-0.1, -0.05) is 12.1 Å². The van der Waals surface area contributed by atoms with Crippen LogP contribution in [0.25, 0.3) is 0 Å². The van der Waals surface area contributed by atoms with Crippen LogP contribution >= 0.6 is 0 Å². The number of benzene rings is 2. The first kappa shape index (κ1) is 16.6. The van der Waals surface area contributed by atoms with Crippen LogP contribution in [-0.4, -0.2) is 23.5 Å². The van der Waals surface area contributed by atoms with E-state index in [-0.39, 0.29) is 36.3 Å². The Morgan fingerprint density at radius 1 is 0.920 bits per heavy atom. The first-order chi connectivity index (χ1) is 12.0. The van der Waals surface area contributed by atoms with E-state index < -0.39 is 0 Å². The fourth-order valence-electron chi connectivity index (χ4n) is 2.65. The number of rotatable bonds is 4. The number of carbonyl (C=O) groups excluding carboxylic acids is 4. The number of hydrogen-bond acceptors (Lipinski definition) is 4. The molecule has 3 rings (SSSR count). The molecular weight excluding hydrogens is 320 g/mol. The van der Waals surface area contributed by atoms with E-state index in [2.05, 4.69) is 5.32 Å². The molecule has 0 bridgehead atoms. The van der Waals surface area contributed by atoms with E-state index in [1.54, 1.807) is 48.5 Å². The smallest absolute Gasteiger partial charge is 0.255 e. The van der Waals surface area contributed by atoms with Gasteiger partial charge in [-0.3, -0.25) is 24.1 Å². The first-order valence-corrected chi connectivity index (χ1v) is 7.84.